The molecule has 1 saturated heterocycles. The molecular weight excluding hydrogens is 502 g/mol. The zero-order chi connectivity index (χ0) is 28.5. The summed E-state index contributed by atoms with van der Waals surface area (Å²) in [5, 5.41) is 0. The lowest BCUT2D eigenvalue weighted by Crippen LogP contribution is -2.59. The minimum atomic E-state index is -0.577. The van der Waals surface area contributed by atoms with Crippen molar-refractivity contribution in [2.75, 3.05) is 26.9 Å². The van der Waals surface area contributed by atoms with Crippen LogP contribution in [0.15, 0.2) is 23.8 Å². The van der Waals surface area contributed by atoms with Gasteiger partial charge in [0.15, 0.2) is 0 Å². The Hall–Kier alpha value is -2.68. The summed E-state index contributed by atoms with van der Waals surface area (Å²) in [5.41, 5.74) is 0.899. The first kappa shape index (κ1) is 29.3. The quantitative estimate of drug-likeness (QED) is 0.256. The average molecular weight is 546 g/mol. The van der Waals surface area contributed by atoms with Crippen LogP contribution in [0, 0.1) is 22.7 Å². The Morgan fingerprint density at radius 3 is 2.54 bits per heavy atom. The molecule has 39 heavy (non-hydrogen) atoms. The lowest BCUT2D eigenvalue weighted by molar-refractivity contribution is -0.192. The van der Waals surface area contributed by atoms with Crippen molar-refractivity contribution in [3.8, 4) is 0 Å². The van der Waals surface area contributed by atoms with E-state index in [-0.39, 0.29) is 66.5 Å². The number of hydrogen-bond donors (Lipinski definition) is 0. The summed E-state index contributed by atoms with van der Waals surface area (Å²) in [5.74, 6) is -1.22. The van der Waals surface area contributed by atoms with Crippen molar-refractivity contribution >= 4 is 23.9 Å². The highest BCUT2D eigenvalue weighted by molar-refractivity contribution is 5.92. The normalized spacial score (nSPS) is 35.5. The topological polar surface area (TPSA) is 108 Å². The second-order valence-corrected chi connectivity index (χ2v) is 12.2. The van der Waals surface area contributed by atoms with Crippen LogP contribution in [0.4, 0.5) is 0 Å². The van der Waals surface area contributed by atoms with Gasteiger partial charge in [0.2, 0.25) is 0 Å². The van der Waals surface area contributed by atoms with Gasteiger partial charge in [0.1, 0.15) is 25.4 Å². The number of esters is 4. The van der Waals surface area contributed by atoms with Crippen LogP contribution in [0.1, 0.15) is 72.6 Å². The first-order chi connectivity index (χ1) is 18.4. The summed E-state index contributed by atoms with van der Waals surface area (Å²) in [6.07, 6.45) is 6.66. The molecule has 9 nitrogen and oxygen atoms in total. The molecule has 0 N–H and O–H groups in total. The summed E-state index contributed by atoms with van der Waals surface area (Å²) in [6.45, 7) is 12.7. The van der Waals surface area contributed by atoms with Gasteiger partial charge in [-0.25, -0.2) is 4.79 Å². The molecule has 0 bridgehead atoms. The molecule has 2 saturated carbocycles. The summed E-state index contributed by atoms with van der Waals surface area (Å²) in [7, 11) is 1.40. The number of likely N-dealkylation sites (tertiary alicyclic amines) is 1. The Morgan fingerprint density at radius 1 is 1.18 bits per heavy atom. The molecule has 4 aliphatic rings. The number of rotatable bonds is 8. The molecule has 7 atom stereocenters. The largest absolute Gasteiger partial charge is 0.468 e. The number of cyclic esters (lactones) is 1. The summed E-state index contributed by atoms with van der Waals surface area (Å²) in [6, 6.07) is -0.724. The minimum absolute atomic E-state index is 0.0318. The highest BCUT2D eigenvalue weighted by atomic mass is 16.6. The van der Waals surface area contributed by atoms with E-state index >= 15 is 0 Å². The molecule has 0 aromatic heterocycles. The molecule has 9 heteroatoms. The Bertz CT molecular complexity index is 1050. The Morgan fingerprint density at radius 2 is 1.92 bits per heavy atom. The van der Waals surface area contributed by atoms with Gasteiger partial charge < -0.3 is 18.9 Å². The van der Waals surface area contributed by atoms with Crippen LogP contribution >= 0.6 is 0 Å². The molecule has 2 heterocycles. The standard InChI is InChI=1S/C30H43NO8/c1-18-9-10-25-29(4,13-11-26(39-20(3)33)30(25,5)17-38-19(2)32)22(18)16-24(21-12-15-37-27(21)34)31-14-7-8-23(31)28(35)36-6/h12,22-26H,1,7-11,13-17H2,2-6H3/t22-,23?,24?,25?,26+,29+,30-/m0/s1. The zero-order valence-electron chi connectivity index (χ0n) is 24.0. The number of ether oxygens (including phenoxy) is 4. The van der Waals surface area contributed by atoms with Crippen LogP contribution in [-0.4, -0.2) is 73.8 Å². The monoisotopic (exact) mass is 545 g/mol. The van der Waals surface area contributed by atoms with Gasteiger partial charge in [-0.05, 0) is 74.8 Å². The van der Waals surface area contributed by atoms with Gasteiger partial charge in [0.05, 0.1) is 12.7 Å². The molecule has 0 aromatic rings. The van der Waals surface area contributed by atoms with Gasteiger partial charge in [-0.2, -0.15) is 0 Å². The molecule has 3 fully saturated rings. The zero-order valence-corrected chi connectivity index (χ0v) is 24.0. The van der Waals surface area contributed by atoms with Gasteiger partial charge in [-0.3, -0.25) is 19.3 Å². The fraction of sp³-hybridized carbons (Fsp3) is 0.733. The van der Waals surface area contributed by atoms with Crippen LogP contribution < -0.4 is 0 Å². The lowest BCUT2D eigenvalue weighted by Gasteiger charge is -2.60. The number of hydrogen-bond acceptors (Lipinski definition) is 9. The Kier molecular flexibility index (Phi) is 8.59. The van der Waals surface area contributed by atoms with Crippen molar-refractivity contribution < 1.29 is 38.1 Å². The van der Waals surface area contributed by atoms with Crippen molar-refractivity contribution in [3.05, 3.63) is 23.8 Å². The van der Waals surface area contributed by atoms with Crippen molar-refractivity contribution in [2.24, 2.45) is 22.7 Å². The second kappa shape index (κ2) is 11.4. The van der Waals surface area contributed by atoms with E-state index in [9.17, 15) is 19.2 Å². The molecule has 0 aromatic carbocycles. The van der Waals surface area contributed by atoms with Crippen molar-refractivity contribution in [2.45, 2.75) is 90.8 Å². The fourth-order valence-electron chi connectivity index (χ4n) is 8.11. The van der Waals surface area contributed by atoms with E-state index in [4.69, 9.17) is 18.9 Å². The number of allylic oxidation sites excluding steroid dienone is 1. The smallest absolute Gasteiger partial charge is 0.335 e. The molecule has 0 spiro atoms. The van der Waals surface area contributed by atoms with Crippen LogP contribution in [-0.2, 0) is 38.1 Å². The van der Waals surface area contributed by atoms with E-state index in [1.165, 1.54) is 21.0 Å². The SMILES string of the molecule is C=C1CCC2[C@](C)(COC(C)=O)[C@H](OC(C)=O)CC[C@]2(C)[C@H]1CC(C1=CCOC1=O)N1CCCC1C(=O)OC. The predicted molar refractivity (Wildman–Crippen MR) is 142 cm³/mol. The van der Waals surface area contributed by atoms with E-state index in [2.05, 4.69) is 25.3 Å². The summed E-state index contributed by atoms with van der Waals surface area (Å²) < 4.78 is 21.8. The molecule has 216 valence electrons. The first-order valence-electron chi connectivity index (χ1n) is 14.1. The van der Waals surface area contributed by atoms with Gasteiger partial charge in [-0.15, -0.1) is 0 Å². The molecule has 4 rings (SSSR count). The van der Waals surface area contributed by atoms with Crippen LogP contribution in [0.5, 0.6) is 0 Å². The van der Waals surface area contributed by atoms with Crippen molar-refractivity contribution in [3.63, 3.8) is 0 Å². The second-order valence-electron chi connectivity index (χ2n) is 12.2. The van der Waals surface area contributed by atoms with E-state index in [1.807, 2.05) is 6.08 Å². The highest BCUT2D eigenvalue weighted by Crippen LogP contribution is 2.63. The molecule has 3 unspecified atom stereocenters. The molecule has 0 radical (unpaired) electrons. The summed E-state index contributed by atoms with van der Waals surface area (Å²) in [4.78, 5) is 51.6. The minimum Gasteiger partial charge on any atom is -0.468 e. The van der Waals surface area contributed by atoms with Crippen molar-refractivity contribution in [1.82, 2.24) is 4.90 Å². The first-order valence-corrected chi connectivity index (χ1v) is 14.1. The maximum absolute atomic E-state index is 12.8. The van der Waals surface area contributed by atoms with E-state index in [0.29, 0.717) is 31.4 Å². The molecular formula is C30H43NO8. The van der Waals surface area contributed by atoms with Crippen LogP contribution in [0.3, 0.4) is 0 Å². The highest BCUT2D eigenvalue weighted by Gasteiger charge is 2.60. The van der Waals surface area contributed by atoms with Crippen molar-refractivity contribution in [1.29, 1.82) is 0 Å². The maximum atomic E-state index is 12.8. The number of carbonyl (C=O) groups is 4. The number of nitrogens with zero attached hydrogens (tertiary/aromatic N) is 1. The molecule has 0 amide bonds. The Labute approximate surface area is 231 Å². The predicted octanol–water partition coefficient (Wildman–Crippen LogP) is 3.75. The number of fused-ring (bicyclic) bond motifs is 1. The van der Waals surface area contributed by atoms with E-state index in [0.717, 1.165) is 31.3 Å². The van der Waals surface area contributed by atoms with Gasteiger partial charge in [-0.1, -0.05) is 26.0 Å². The van der Waals surface area contributed by atoms with Gasteiger partial charge in [0, 0.05) is 25.3 Å². The number of methoxy groups -OCH3 is 1. The van der Waals surface area contributed by atoms with Crippen LogP contribution in [0.25, 0.3) is 0 Å². The van der Waals surface area contributed by atoms with E-state index < -0.39 is 11.5 Å². The third-order valence-corrected chi connectivity index (χ3v) is 9.95. The molecule has 2 aliphatic heterocycles. The average Bonchev–Trinajstić information content (AvgIpc) is 3.53. The van der Waals surface area contributed by atoms with Crippen LogP contribution in [0.2, 0.25) is 0 Å². The van der Waals surface area contributed by atoms with E-state index in [1.54, 1.807) is 0 Å². The third kappa shape index (κ3) is 5.52. The molecule has 2 aliphatic carbocycles. The summed E-state index contributed by atoms with van der Waals surface area (Å²) >= 11 is 0. The Balaban J connectivity index is 1.70. The fourth-order valence-corrected chi connectivity index (χ4v) is 8.11. The number of carbonyl (C=O) groups excluding carboxylic acids is 4. The third-order valence-electron chi connectivity index (χ3n) is 9.95. The maximum Gasteiger partial charge on any atom is 0.335 e. The van der Waals surface area contributed by atoms with Gasteiger partial charge >= 0.3 is 23.9 Å². The van der Waals surface area contributed by atoms with Gasteiger partial charge in [0.25, 0.3) is 0 Å². The lowest BCUT2D eigenvalue weighted by atomic mass is 9.45.